The molecule has 0 aromatic heterocycles. The van der Waals surface area contributed by atoms with Crippen molar-refractivity contribution in [1.82, 2.24) is 5.32 Å². The lowest BCUT2D eigenvalue weighted by molar-refractivity contribution is -0.122. The van der Waals surface area contributed by atoms with Gasteiger partial charge in [-0.25, -0.2) is 0 Å². The van der Waals surface area contributed by atoms with Gasteiger partial charge in [-0.15, -0.1) is 11.6 Å². The minimum absolute atomic E-state index is 0.0351. The fourth-order valence-corrected chi connectivity index (χ4v) is 1.09. The first-order chi connectivity index (χ1) is 5.52. The molecule has 0 unspecified atom stereocenters. The fourth-order valence-electron chi connectivity index (χ4n) is 0.923. The molecule has 0 aliphatic rings. The molecular weight excluding hydrogens is 178 g/mol. The molecule has 12 heavy (non-hydrogen) atoms. The van der Waals surface area contributed by atoms with Crippen LogP contribution in [0.5, 0.6) is 0 Å². The van der Waals surface area contributed by atoms with Gasteiger partial charge < -0.3 is 10.1 Å². The SMILES string of the molecule is COCC(C)(C)NC(=O)CCCl. The number of methoxy groups -OCH3 is 1. The number of alkyl halides is 1. The Balaban J connectivity index is 3.79. The Bertz CT molecular complexity index is 148. The second-order valence-corrected chi connectivity index (χ2v) is 3.68. The standard InChI is InChI=1S/C8H16ClNO2/c1-8(2,6-12-3)10-7(11)4-5-9/h4-6H2,1-3H3,(H,10,11). The van der Waals surface area contributed by atoms with Gasteiger partial charge in [-0.3, -0.25) is 4.79 Å². The second kappa shape index (κ2) is 5.38. The van der Waals surface area contributed by atoms with Crippen molar-refractivity contribution < 1.29 is 9.53 Å². The first-order valence-corrected chi connectivity index (χ1v) is 4.41. The zero-order chi connectivity index (χ0) is 9.61. The zero-order valence-electron chi connectivity index (χ0n) is 7.82. The smallest absolute Gasteiger partial charge is 0.221 e. The van der Waals surface area contributed by atoms with Gasteiger partial charge in [-0.1, -0.05) is 0 Å². The van der Waals surface area contributed by atoms with E-state index in [2.05, 4.69) is 5.32 Å². The molecule has 0 aliphatic carbocycles. The molecule has 0 saturated carbocycles. The van der Waals surface area contributed by atoms with Gasteiger partial charge in [0, 0.05) is 19.4 Å². The van der Waals surface area contributed by atoms with E-state index >= 15 is 0 Å². The highest BCUT2D eigenvalue weighted by Gasteiger charge is 2.19. The summed E-state index contributed by atoms with van der Waals surface area (Å²) < 4.78 is 4.94. The van der Waals surface area contributed by atoms with E-state index < -0.39 is 0 Å². The van der Waals surface area contributed by atoms with Crippen LogP contribution >= 0.6 is 11.6 Å². The van der Waals surface area contributed by atoms with Crippen LogP contribution in [-0.2, 0) is 9.53 Å². The molecule has 0 saturated heterocycles. The molecule has 0 fully saturated rings. The summed E-state index contributed by atoms with van der Waals surface area (Å²) in [7, 11) is 1.61. The number of hydrogen-bond acceptors (Lipinski definition) is 2. The Labute approximate surface area is 78.4 Å². The molecule has 72 valence electrons. The molecule has 0 bridgehead atoms. The van der Waals surface area contributed by atoms with Crippen LogP contribution in [0.2, 0.25) is 0 Å². The quantitative estimate of drug-likeness (QED) is 0.666. The lowest BCUT2D eigenvalue weighted by Crippen LogP contribution is -2.46. The molecule has 0 aromatic rings. The van der Waals surface area contributed by atoms with Crippen LogP contribution in [-0.4, -0.2) is 31.0 Å². The van der Waals surface area contributed by atoms with Crippen molar-refractivity contribution in [3.8, 4) is 0 Å². The molecule has 0 atom stereocenters. The predicted molar refractivity (Wildman–Crippen MR) is 49.4 cm³/mol. The van der Waals surface area contributed by atoms with Gasteiger partial charge in [0.25, 0.3) is 0 Å². The average molecular weight is 194 g/mol. The van der Waals surface area contributed by atoms with E-state index in [1.165, 1.54) is 0 Å². The monoisotopic (exact) mass is 193 g/mol. The van der Waals surface area contributed by atoms with Crippen molar-refractivity contribution in [2.75, 3.05) is 19.6 Å². The average Bonchev–Trinajstić information content (AvgIpc) is 1.85. The van der Waals surface area contributed by atoms with Crippen LogP contribution in [0.15, 0.2) is 0 Å². The molecule has 3 nitrogen and oxygen atoms in total. The van der Waals surface area contributed by atoms with Crippen molar-refractivity contribution in [3.05, 3.63) is 0 Å². The van der Waals surface area contributed by atoms with Crippen molar-refractivity contribution in [2.45, 2.75) is 25.8 Å². The summed E-state index contributed by atoms with van der Waals surface area (Å²) in [4.78, 5) is 11.1. The Hall–Kier alpha value is -0.280. The molecule has 4 heteroatoms. The molecule has 0 aliphatic heterocycles. The normalized spacial score (nSPS) is 11.3. The second-order valence-electron chi connectivity index (χ2n) is 3.30. The van der Waals surface area contributed by atoms with Crippen LogP contribution in [0.4, 0.5) is 0 Å². The third-order valence-electron chi connectivity index (χ3n) is 1.30. The lowest BCUT2D eigenvalue weighted by atomic mass is 10.1. The van der Waals surface area contributed by atoms with Gasteiger partial charge in [0.1, 0.15) is 0 Å². The van der Waals surface area contributed by atoms with Gasteiger partial charge in [-0.2, -0.15) is 0 Å². The Morgan fingerprint density at radius 3 is 2.58 bits per heavy atom. The van der Waals surface area contributed by atoms with Crippen LogP contribution in [0.25, 0.3) is 0 Å². The van der Waals surface area contributed by atoms with Crippen molar-refractivity contribution in [2.24, 2.45) is 0 Å². The van der Waals surface area contributed by atoms with Gasteiger partial charge in [0.15, 0.2) is 0 Å². The van der Waals surface area contributed by atoms with E-state index in [-0.39, 0.29) is 11.4 Å². The summed E-state index contributed by atoms with van der Waals surface area (Å²) in [5, 5.41) is 2.81. The molecule has 0 heterocycles. The van der Waals surface area contributed by atoms with Crippen LogP contribution in [0, 0.1) is 0 Å². The Morgan fingerprint density at radius 2 is 2.17 bits per heavy atom. The zero-order valence-corrected chi connectivity index (χ0v) is 8.57. The number of carbonyl (C=O) groups is 1. The number of amides is 1. The van der Waals surface area contributed by atoms with E-state index in [1.54, 1.807) is 7.11 Å². The third kappa shape index (κ3) is 5.38. The van der Waals surface area contributed by atoms with Crippen molar-refractivity contribution in [3.63, 3.8) is 0 Å². The Kier molecular flexibility index (Phi) is 5.25. The number of ether oxygens (including phenoxy) is 1. The van der Waals surface area contributed by atoms with E-state index in [0.29, 0.717) is 18.9 Å². The molecule has 0 rings (SSSR count). The minimum Gasteiger partial charge on any atom is -0.382 e. The summed E-state index contributed by atoms with van der Waals surface area (Å²) in [5.74, 6) is 0.321. The number of hydrogen-bond donors (Lipinski definition) is 1. The van der Waals surface area contributed by atoms with E-state index in [1.807, 2.05) is 13.8 Å². The number of rotatable bonds is 5. The van der Waals surface area contributed by atoms with E-state index in [0.717, 1.165) is 0 Å². The summed E-state index contributed by atoms with van der Waals surface area (Å²) in [5.41, 5.74) is -0.308. The highest BCUT2D eigenvalue weighted by molar-refractivity contribution is 6.18. The number of carbonyl (C=O) groups excluding carboxylic acids is 1. The molecule has 1 amide bonds. The maximum absolute atomic E-state index is 11.1. The molecule has 0 radical (unpaired) electrons. The number of halogens is 1. The van der Waals surface area contributed by atoms with Gasteiger partial charge in [0.2, 0.25) is 5.91 Å². The largest absolute Gasteiger partial charge is 0.382 e. The molecular formula is C8H16ClNO2. The first-order valence-electron chi connectivity index (χ1n) is 3.88. The van der Waals surface area contributed by atoms with Gasteiger partial charge in [0.05, 0.1) is 12.1 Å². The summed E-state index contributed by atoms with van der Waals surface area (Å²) in [6.07, 6.45) is 0.356. The summed E-state index contributed by atoms with van der Waals surface area (Å²) >= 11 is 5.41. The molecule has 1 N–H and O–H groups in total. The molecule has 0 aromatic carbocycles. The summed E-state index contributed by atoms with van der Waals surface area (Å²) in [6.45, 7) is 4.31. The van der Waals surface area contributed by atoms with E-state index in [9.17, 15) is 4.79 Å². The third-order valence-corrected chi connectivity index (χ3v) is 1.49. The first kappa shape index (κ1) is 11.7. The highest BCUT2D eigenvalue weighted by Crippen LogP contribution is 2.02. The van der Waals surface area contributed by atoms with Crippen LogP contribution in [0.3, 0.4) is 0 Å². The van der Waals surface area contributed by atoms with Crippen LogP contribution in [0.1, 0.15) is 20.3 Å². The fraction of sp³-hybridized carbons (Fsp3) is 0.875. The topological polar surface area (TPSA) is 38.3 Å². The maximum atomic E-state index is 11.1. The number of nitrogens with one attached hydrogen (secondary N) is 1. The Morgan fingerprint density at radius 1 is 1.58 bits per heavy atom. The summed E-state index contributed by atoms with van der Waals surface area (Å²) in [6, 6.07) is 0. The minimum atomic E-state index is -0.308. The van der Waals surface area contributed by atoms with Crippen molar-refractivity contribution in [1.29, 1.82) is 0 Å². The van der Waals surface area contributed by atoms with Crippen LogP contribution < -0.4 is 5.32 Å². The van der Waals surface area contributed by atoms with E-state index in [4.69, 9.17) is 16.3 Å². The maximum Gasteiger partial charge on any atom is 0.221 e. The van der Waals surface area contributed by atoms with Gasteiger partial charge >= 0.3 is 0 Å². The molecule has 0 spiro atoms. The predicted octanol–water partition coefficient (Wildman–Crippen LogP) is 1.16. The lowest BCUT2D eigenvalue weighted by Gasteiger charge is -2.24. The van der Waals surface area contributed by atoms with Gasteiger partial charge in [-0.05, 0) is 13.8 Å². The van der Waals surface area contributed by atoms with Crippen molar-refractivity contribution >= 4 is 17.5 Å². The highest BCUT2D eigenvalue weighted by atomic mass is 35.5.